The van der Waals surface area contributed by atoms with Crippen LogP contribution in [0.1, 0.15) is 74.2 Å². The first-order chi connectivity index (χ1) is 18.5. The Morgan fingerprint density at radius 1 is 0.947 bits per heavy atom. The molecule has 0 aliphatic carbocycles. The lowest BCUT2D eigenvalue weighted by molar-refractivity contribution is -0.122. The molecule has 2 aliphatic rings. The maximum absolute atomic E-state index is 12.1. The Morgan fingerprint density at radius 2 is 1.68 bits per heavy atom. The third-order valence-corrected chi connectivity index (χ3v) is 8.21. The van der Waals surface area contributed by atoms with Gasteiger partial charge in [0.15, 0.2) is 0 Å². The monoisotopic (exact) mass is 541 g/mol. The van der Waals surface area contributed by atoms with Crippen LogP contribution in [0, 0.1) is 11.8 Å². The molecule has 0 spiro atoms. The van der Waals surface area contributed by atoms with Crippen molar-refractivity contribution in [2.24, 2.45) is 0 Å². The molecule has 3 rings (SSSR count). The first kappa shape index (κ1) is 29.4. The van der Waals surface area contributed by atoms with E-state index in [-0.39, 0.29) is 35.8 Å². The Balaban J connectivity index is 1.15. The molecule has 206 valence electrons. The number of hydrogen-bond acceptors (Lipinski definition) is 5. The SMILES string of the molecule is CC#CCNC(=O)c1ccc(CNC(=O)CCCCCNC(=O)CCCC[C@H]2SC[C@H]3NC(=O)N[C@H]32)cc1. The number of carbonyl (C=O) groups is 4. The average molecular weight is 542 g/mol. The minimum atomic E-state index is -0.171. The van der Waals surface area contributed by atoms with Crippen LogP contribution in [0.3, 0.4) is 0 Å². The number of fused-ring (bicyclic) bond motifs is 1. The number of rotatable bonds is 15. The number of hydrogen-bond donors (Lipinski definition) is 5. The summed E-state index contributed by atoms with van der Waals surface area (Å²) in [5.41, 5.74) is 1.49. The number of amides is 5. The molecule has 3 atom stereocenters. The fourth-order valence-corrected chi connectivity index (χ4v) is 6.10. The van der Waals surface area contributed by atoms with Crippen LogP contribution in [0.25, 0.3) is 0 Å². The van der Waals surface area contributed by atoms with Gasteiger partial charge in [-0.15, -0.1) is 5.92 Å². The van der Waals surface area contributed by atoms with Gasteiger partial charge in [0, 0.05) is 42.5 Å². The van der Waals surface area contributed by atoms with E-state index in [0.717, 1.165) is 49.8 Å². The maximum atomic E-state index is 12.1. The Labute approximate surface area is 229 Å². The molecule has 0 unspecified atom stereocenters. The normalized spacial score (nSPS) is 19.4. The number of thioether (sulfide) groups is 1. The van der Waals surface area contributed by atoms with Gasteiger partial charge in [-0.25, -0.2) is 4.79 Å². The van der Waals surface area contributed by atoms with E-state index in [4.69, 9.17) is 0 Å². The van der Waals surface area contributed by atoms with Gasteiger partial charge in [-0.05, 0) is 50.3 Å². The van der Waals surface area contributed by atoms with Crippen molar-refractivity contribution < 1.29 is 19.2 Å². The van der Waals surface area contributed by atoms with Crippen LogP contribution in [-0.4, -0.2) is 59.9 Å². The van der Waals surface area contributed by atoms with Gasteiger partial charge in [0.1, 0.15) is 0 Å². The summed E-state index contributed by atoms with van der Waals surface area (Å²) >= 11 is 1.90. The zero-order valence-corrected chi connectivity index (χ0v) is 22.9. The first-order valence-electron chi connectivity index (χ1n) is 13.4. The predicted molar refractivity (Wildman–Crippen MR) is 150 cm³/mol. The molecule has 1 aromatic carbocycles. The lowest BCUT2D eigenvalue weighted by Gasteiger charge is -2.16. The van der Waals surface area contributed by atoms with Gasteiger partial charge in [0.2, 0.25) is 11.8 Å². The minimum absolute atomic E-state index is 0.00584. The second-order valence-electron chi connectivity index (χ2n) is 9.61. The highest BCUT2D eigenvalue weighted by Gasteiger charge is 2.42. The second kappa shape index (κ2) is 15.9. The largest absolute Gasteiger partial charge is 0.356 e. The van der Waals surface area contributed by atoms with Crippen LogP contribution >= 0.6 is 11.8 Å². The van der Waals surface area contributed by atoms with Crippen molar-refractivity contribution in [2.75, 3.05) is 18.8 Å². The van der Waals surface area contributed by atoms with Crippen LogP contribution < -0.4 is 26.6 Å². The second-order valence-corrected chi connectivity index (χ2v) is 10.9. The highest BCUT2D eigenvalue weighted by Crippen LogP contribution is 2.33. The fourth-order valence-electron chi connectivity index (χ4n) is 4.56. The van der Waals surface area contributed by atoms with Crippen molar-refractivity contribution >= 4 is 35.5 Å². The van der Waals surface area contributed by atoms with Gasteiger partial charge in [-0.2, -0.15) is 11.8 Å². The quantitative estimate of drug-likeness (QED) is 0.132. The predicted octanol–water partition coefficient (Wildman–Crippen LogP) is 2.46. The number of unbranched alkanes of at least 4 members (excludes halogenated alkanes) is 3. The molecule has 2 heterocycles. The molecule has 2 aliphatic heterocycles. The van der Waals surface area contributed by atoms with Crippen LogP contribution in [0.2, 0.25) is 0 Å². The van der Waals surface area contributed by atoms with Crippen molar-refractivity contribution in [2.45, 2.75) is 82.2 Å². The molecule has 38 heavy (non-hydrogen) atoms. The molecule has 5 amide bonds. The molecule has 5 N–H and O–H groups in total. The average Bonchev–Trinajstić information content (AvgIpc) is 3.47. The third-order valence-electron chi connectivity index (χ3n) is 6.70. The summed E-state index contributed by atoms with van der Waals surface area (Å²) < 4.78 is 0. The number of urea groups is 1. The number of benzene rings is 1. The number of nitrogens with one attached hydrogen (secondary N) is 5. The van der Waals surface area contributed by atoms with E-state index in [1.165, 1.54) is 0 Å². The standard InChI is InChI=1S/C28H39N5O4S/c1-2-3-16-30-27(36)21-14-12-20(13-15-21)18-31-25(35)10-5-4-8-17-29-24(34)11-7-6-9-23-26-22(19-38-23)32-28(37)33-26/h12-15,22-23,26H,4-11,16-19H2,1H3,(H,29,34)(H,30,36)(H,31,35)(H2,32,33,37)/t22-,23-,26-/m1/s1. The summed E-state index contributed by atoms with van der Waals surface area (Å²) in [6.45, 7) is 3.10. The van der Waals surface area contributed by atoms with Crippen molar-refractivity contribution in [3.8, 4) is 11.8 Å². The molecule has 0 saturated carbocycles. The Morgan fingerprint density at radius 3 is 2.45 bits per heavy atom. The van der Waals surface area contributed by atoms with E-state index in [1.807, 2.05) is 23.9 Å². The van der Waals surface area contributed by atoms with Crippen LogP contribution in [-0.2, 0) is 16.1 Å². The maximum Gasteiger partial charge on any atom is 0.315 e. The molecule has 0 bridgehead atoms. The molecule has 9 nitrogen and oxygen atoms in total. The van der Waals surface area contributed by atoms with Gasteiger partial charge in [0.25, 0.3) is 5.91 Å². The molecule has 2 fully saturated rings. The summed E-state index contributed by atoms with van der Waals surface area (Å²) in [7, 11) is 0. The fraction of sp³-hybridized carbons (Fsp3) is 0.571. The Bertz CT molecular complexity index is 1020. The lowest BCUT2D eigenvalue weighted by Crippen LogP contribution is -2.36. The molecular weight excluding hydrogens is 502 g/mol. The van der Waals surface area contributed by atoms with Gasteiger partial charge >= 0.3 is 6.03 Å². The van der Waals surface area contributed by atoms with E-state index >= 15 is 0 Å². The smallest absolute Gasteiger partial charge is 0.315 e. The summed E-state index contributed by atoms with van der Waals surface area (Å²) in [5.74, 6) is 6.38. The molecule has 1 aromatic rings. The van der Waals surface area contributed by atoms with E-state index < -0.39 is 0 Å². The third kappa shape index (κ3) is 9.93. The minimum Gasteiger partial charge on any atom is -0.356 e. The molecular formula is C28H39N5O4S. The van der Waals surface area contributed by atoms with E-state index in [1.54, 1.807) is 19.1 Å². The summed E-state index contributed by atoms with van der Waals surface area (Å²) in [4.78, 5) is 47.6. The summed E-state index contributed by atoms with van der Waals surface area (Å²) in [6, 6.07) is 7.55. The van der Waals surface area contributed by atoms with Gasteiger partial charge < -0.3 is 26.6 Å². The van der Waals surface area contributed by atoms with Crippen molar-refractivity contribution in [3.63, 3.8) is 0 Å². The topological polar surface area (TPSA) is 128 Å². The zero-order chi connectivity index (χ0) is 27.2. The van der Waals surface area contributed by atoms with Crippen molar-refractivity contribution in [1.29, 1.82) is 0 Å². The van der Waals surface area contributed by atoms with Gasteiger partial charge in [0.05, 0.1) is 18.6 Å². The Kier molecular flexibility index (Phi) is 12.3. The van der Waals surface area contributed by atoms with Crippen LogP contribution in [0.15, 0.2) is 24.3 Å². The van der Waals surface area contributed by atoms with Crippen molar-refractivity contribution in [3.05, 3.63) is 35.4 Å². The molecule has 0 radical (unpaired) electrons. The van der Waals surface area contributed by atoms with E-state index in [9.17, 15) is 19.2 Å². The van der Waals surface area contributed by atoms with E-state index in [2.05, 4.69) is 38.4 Å². The van der Waals surface area contributed by atoms with Crippen LogP contribution in [0.5, 0.6) is 0 Å². The lowest BCUT2D eigenvalue weighted by atomic mass is 10.0. The van der Waals surface area contributed by atoms with E-state index in [0.29, 0.717) is 43.3 Å². The highest BCUT2D eigenvalue weighted by molar-refractivity contribution is 8.00. The molecule has 10 heteroatoms. The zero-order valence-electron chi connectivity index (χ0n) is 22.1. The van der Waals surface area contributed by atoms with Gasteiger partial charge in [-0.3, -0.25) is 14.4 Å². The highest BCUT2D eigenvalue weighted by atomic mass is 32.2. The first-order valence-corrected chi connectivity index (χ1v) is 14.5. The molecule has 0 aromatic heterocycles. The number of carbonyl (C=O) groups excluding carboxylic acids is 4. The summed E-state index contributed by atoms with van der Waals surface area (Å²) in [6.07, 6.45) is 6.32. The van der Waals surface area contributed by atoms with Gasteiger partial charge in [-0.1, -0.05) is 30.9 Å². The van der Waals surface area contributed by atoms with Crippen LogP contribution in [0.4, 0.5) is 4.79 Å². The molecule has 2 saturated heterocycles. The van der Waals surface area contributed by atoms with Crippen molar-refractivity contribution in [1.82, 2.24) is 26.6 Å². The Hall–Kier alpha value is -3.19. The summed E-state index contributed by atoms with van der Waals surface area (Å²) in [5, 5.41) is 15.0.